The molecule has 0 aromatic carbocycles. The van der Waals surface area contributed by atoms with Gasteiger partial charge in [0.2, 0.25) is 11.8 Å². The Balaban J connectivity index is 1.70. The van der Waals surface area contributed by atoms with Crippen molar-refractivity contribution in [3.05, 3.63) is 0 Å². The van der Waals surface area contributed by atoms with Gasteiger partial charge in [-0.15, -0.1) is 10.2 Å². The van der Waals surface area contributed by atoms with E-state index < -0.39 is 5.60 Å². The van der Waals surface area contributed by atoms with Crippen LogP contribution in [-0.2, 0) is 14.3 Å². The lowest BCUT2D eigenvalue weighted by molar-refractivity contribution is -0.130. The highest BCUT2D eigenvalue weighted by Gasteiger charge is 2.27. The highest BCUT2D eigenvalue weighted by Crippen LogP contribution is 2.28. The molecule has 1 aliphatic rings. The summed E-state index contributed by atoms with van der Waals surface area (Å²) < 4.78 is 6.78. The van der Waals surface area contributed by atoms with Crippen LogP contribution in [-0.4, -0.2) is 87.7 Å². The highest BCUT2D eigenvalue weighted by molar-refractivity contribution is 8.03. The minimum absolute atomic E-state index is 0.00665. The lowest BCUT2D eigenvalue weighted by Gasteiger charge is -2.35. The van der Waals surface area contributed by atoms with Crippen molar-refractivity contribution in [1.29, 1.82) is 0 Å². The van der Waals surface area contributed by atoms with Crippen molar-refractivity contribution in [2.45, 2.75) is 48.4 Å². The molecule has 0 bridgehead atoms. The zero-order chi connectivity index (χ0) is 22.1. The molecule has 1 aromatic rings. The second-order valence-corrected chi connectivity index (χ2v) is 11.0. The number of hydrogen-bond acceptors (Lipinski definition) is 9. The zero-order valence-corrected chi connectivity index (χ0v) is 20.3. The number of thioether (sulfide) groups is 2. The van der Waals surface area contributed by atoms with Gasteiger partial charge in [-0.25, -0.2) is 4.79 Å². The molecule has 9 nitrogen and oxygen atoms in total. The number of rotatable bonds is 8. The summed E-state index contributed by atoms with van der Waals surface area (Å²) in [6.07, 6.45) is 0.561. The van der Waals surface area contributed by atoms with Crippen molar-refractivity contribution >= 4 is 52.8 Å². The molecule has 1 N–H and O–H groups in total. The average molecular weight is 476 g/mol. The molecular weight excluding hydrogens is 446 g/mol. The van der Waals surface area contributed by atoms with Crippen molar-refractivity contribution in [3.63, 3.8) is 0 Å². The fourth-order valence-electron chi connectivity index (χ4n) is 2.44. The van der Waals surface area contributed by atoms with Gasteiger partial charge in [0.05, 0.1) is 11.5 Å². The first-order chi connectivity index (χ1) is 14.2. The van der Waals surface area contributed by atoms with E-state index in [1.807, 2.05) is 27.7 Å². The van der Waals surface area contributed by atoms with Gasteiger partial charge in [-0.05, 0) is 27.2 Å². The van der Waals surface area contributed by atoms with Crippen molar-refractivity contribution in [2.75, 3.05) is 44.2 Å². The molecule has 0 radical (unpaired) electrons. The van der Waals surface area contributed by atoms with Gasteiger partial charge < -0.3 is 19.9 Å². The molecule has 1 saturated heterocycles. The predicted molar refractivity (Wildman–Crippen MR) is 119 cm³/mol. The SMILES string of the molecule is CCCNC(=O)CSc1nnc(SCC(=O)N2CCN(C(=O)OC(C)(C)C)CC2)s1. The summed E-state index contributed by atoms with van der Waals surface area (Å²) in [5.41, 5.74) is -0.529. The number of carbonyl (C=O) groups excluding carboxylic acids is 3. The fourth-order valence-corrected chi connectivity index (χ4v) is 5.19. The molecule has 12 heteroatoms. The molecule has 1 fully saturated rings. The van der Waals surface area contributed by atoms with Crippen LogP contribution in [0.4, 0.5) is 4.79 Å². The number of ether oxygens (including phenoxy) is 1. The van der Waals surface area contributed by atoms with Crippen LogP contribution in [0.5, 0.6) is 0 Å². The number of hydrogen-bond donors (Lipinski definition) is 1. The van der Waals surface area contributed by atoms with E-state index in [4.69, 9.17) is 4.74 Å². The second kappa shape index (κ2) is 11.8. The topological polar surface area (TPSA) is 105 Å². The Bertz CT molecular complexity index is 730. The normalized spacial score (nSPS) is 14.5. The van der Waals surface area contributed by atoms with E-state index in [0.29, 0.717) is 47.2 Å². The minimum atomic E-state index is -0.529. The van der Waals surface area contributed by atoms with Gasteiger partial charge >= 0.3 is 6.09 Å². The number of nitrogens with zero attached hydrogens (tertiary/aromatic N) is 4. The van der Waals surface area contributed by atoms with Crippen LogP contribution in [0.2, 0.25) is 0 Å². The number of aromatic nitrogens is 2. The Morgan fingerprint density at radius 3 is 2.17 bits per heavy atom. The molecule has 0 unspecified atom stereocenters. The first-order valence-corrected chi connectivity index (χ1v) is 12.6. The quantitative estimate of drug-likeness (QED) is 0.571. The monoisotopic (exact) mass is 475 g/mol. The summed E-state index contributed by atoms with van der Waals surface area (Å²) in [6, 6.07) is 0. The van der Waals surface area contributed by atoms with Crippen molar-refractivity contribution < 1.29 is 19.1 Å². The molecule has 2 rings (SSSR count). The Morgan fingerprint density at radius 2 is 1.60 bits per heavy atom. The van der Waals surface area contributed by atoms with Gasteiger partial charge in [0.15, 0.2) is 8.68 Å². The molecule has 0 spiro atoms. The number of nitrogens with one attached hydrogen (secondary N) is 1. The minimum Gasteiger partial charge on any atom is -0.444 e. The van der Waals surface area contributed by atoms with E-state index in [-0.39, 0.29) is 23.7 Å². The molecule has 0 aliphatic carbocycles. The lowest BCUT2D eigenvalue weighted by Crippen LogP contribution is -2.52. The Hall–Kier alpha value is -1.53. The van der Waals surface area contributed by atoms with Crippen molar-refractivity contribution in [2.24, 2.45) is 0 Å². The summed E-state index contributed by atoms with van der Waals surface area (Å²) in [5, 5.41) is 11.0. The summed E-state index contributed by atoms with van der Waals surface area (Å²) >= 11 is 4.06. The molecule has 168 valence electrons. The van der Waals surface area contributed by atoms with E-state index in [9.17, 15) is 14.4 Å². The van der Waals surface area contributed by atoms with E-state index in [0.717, 1.165) is 6.42 Å². The van der Waals surface area contributed by atoms with Gasteiger partial charge in [-0.3, -0.25) is 9.59 Å². The molecule has 3 amide bonds. The van der Waals surface area contributed by atoms with Crippen LogP contribution < -0.4 is 5.32 Å². The predicted octanol–water partition coefficient (Wildman–Crippen LogP) is 2.33. The molecule has 0 saturated carbocycles. The van der Waals surface area contributed by atoms with Crippen LogP contribution in [0, 0.1) is 0 Å². The van der Waals surface area contributed by atoms with Crippen molar-refractivity contribution in [1.82, 2.24) is 25.3 Å². The molecule has 1 aromatic heterocycles. The van der Waals surface area contributed by atoms with Crippen LogP contribution in [0.3, 0.4) is 0 Å². The summed E-state index contributed by atoms with van der Waals surface area (Å²) in [5.74, 6) is 0.558. The maximum absolute atomic E-state index is 12.5. The summed E-state index contributed by atoms with van der Waals surface area (Å²) in [7, 11) is 0. The first-order valence-electron chi connectivity index (χ1n) is 9.79. The zero-order valence-electron chi connectivity index (χ0n) is 17.8. The lowest BCUT2D eigenvalue weighted by atomic mass is 10.2. The largest absolute Gasteiger partial charge is 0.444 e. The average Bonchev–Trinajstić information content (AvgIpc) is 3.15. The van der Waals surface area contributed by atoms with Gasteiger partial charge in [0.25, 0.3) is 0 Å². The smallest absolute Gasteiger partial charge is 0.410 e. The third-order valence-electron chi connectivity index (χ3n) is 3.89. The molecular formula is C18H29N5O4S3. The van der Waals surface area contributed by atoms with Crippen LogP contribution in [0.1, 0.15) is 34.1 Å². The van der Waals surface area contributed by atoms with E-state index in [2.05, 4.69) is 15.5 Å². The third-order valence-corrected chi connectivity index (χ3v) is 7.06. The fraction of sp³-hybridized carbons (Fsp3) is 0.722. The van der Waals surface area contributed by atoms with Gasteiger partial charge in [0.1, 0.15) is 5.60 Å². The first kappa shape index (κ1) is 24.7. The maximum atomic E-state index is 12.5. The van der Waals surface area contributed by atoms with Crippen LogP contribution in [0.15, 0.2) is 8.68 Å². The van der Waals surface area contributed by atoms with E-state index in [1.165, 1.54) is 34.9 Å². The molecule has 1 aliphatic heterocycles. The third kappa shape index (κ3) is 8.68. The number of amides is 3. The van der Waals surface area contributed by atoms with Gasteiger partial charge in [-0.1, -0.05) is 41.8 Å². The number of carbonyl (C=O) groups is 3. The highest BCUT2D eigenvalue weighted by atomic mass is 32.2. The summed E-state index contributed by atoms with van der Waals surface area (Å²) in [6.45, 7) is 10.1. The Kier molecular flexibility index (Phi) is 9.69. The second-order valence-electron chi connectivity index (χ2n) is 7.61. The van der Waals surface area contributed by atoms with Gasteiger partial charge in [-0.2, -0.15) is 0 Å². The van der Waals surface area contributed by atoms with Crippen LogP contribution >= 0.6 is 34.9 Å². The van der Waals surface area contributed by atoms with E-state index >= 15 is 0 Å². The Morgan fingerprint density at radius 1 is 1.03 bits per heavy atom. The van der Waals surface area contributed by atoms with E-state index in [1.54, 1.807) is 9.80 Å². The maximum Gasteiger partial charge on any atom is 0.410 e. The van der Waals surface area contributed by atoms with Crippen molar-refractivity contribution in [3.8, 4) is 0 Å². The molecule has 30 heavy (non-hydrogen) atoms. The number of piperazine rings is 1. The van der Waals surface area contributed by atoms with Crippen LogP contribution in [0.25, 0.3) is 0 Å². The standard InChI is InChI=1S/C18H29N5O4S3/c1-5-6-19-13(24)11-28-15-20-21-16(30-15)29-12-14(25)22-7-9-23(10-8-22)17(26)27-18(2,3)4/h5-12H2,1-4H3,(H,19,24). The van der Waals surface area contributed by atoms with Gasteiger partial charge in [0, 0.05) is 32.7 Å². The summed E-state index contributed by atoms with van der Waals surface area (Å²) in [4.78, 5) is 39.6. The Labute approximate surface area is 189 Å². The molecule has 0 atom stereocenters. The molecule has 2 heterocycles.